The molecule has 0 aliphatic carbocycles. The van der Waals surface area contributed by atoms with Gasteiger partial charge in [-0.15, -0.1) is 11.8 Å². The number of hydrogen-bond acceptors (Lipinski definition) is 2. The van der Waals surface area contributed by atoms with Gasteiger partial charge in [-0.2, -0.15) is 0 Å². The van der Waals surface area contributed by atoms with E-state index in [1.807, 2.05) is 11.8 Å². The van der Waals surface area contributed by atoms with Crippen LogP contribution >= 0.6 is 11.8 Å². The van der Waals surface area contributed by atoms with E-state index < -0.39 is 0 Å². The number of nitrogens with zero attached hydrogens (tertiary/aromatic N) is 1. The van der Waals surface area contributed by atoms with E-state index in [-0.39, 0.29) is 0 Å². The summed E-state index contributed by atoms with van der Waals surface area (Å²) >= 11 is 2.04. The van der Waals surface area contributed by atoms with Crippen LogP contribution in [0.15, 0.2) is 0 Å². The minimum Gasteiger partial charge on any atom is -0.291 e. The predicted molar refractivity (Wildman–Crippen MR) is 53.0 cm³/mol. The van der Waals surface area contributed by atoms with Gasteiger partial charge in [0.25, 0.3) is 0 Å². The fraction of sp³-hybridized carbons (Fsp3) is 1.00. The molecule has 0 N–H and O–H groups in total. The highest BCUT2D eigenvalue weighted by Gasteiger charge is 2.16. The van der Waals surface area contributed by atoms with E-state index in [0.29, 0.717) is 0 Å². The summed E-state index contributed by atoms with van der Waals surface area (Å²) < 4.78 is 0. The maximum absolute atomic E-state index is 2.61. The van der Waals surface area contributed by atoms with Crippen molar-refractivity contribution < 1.29 is 0 Å². The molecule has 0 aromatic heterocycles. The minimum atomic E-state index is 0.836. The highest BCUT2D eigenvalue weighted by molar-refractivity contribution is 7.99. The maximum Gasteiger partial charge on any atom is 0.0446 e. The molecule has 0 spiro atoms. The second-order valence-electron chi connectivity index (χ2n) is 3.28. The molecule has 1 aliphatic rings. The van der Waals surface area contributed by atoms with Gasteiger partial charge >= 0.3 is 0 Å². The van der Waals surface area contributed by atoms with Crippen LogP contribution in [-0.2, 0) is 0 Å². The average molecular weight is 173 g/mol. The molecule has 0 aromatic rings. The Morgan fingerprint density at radius 3 is 2.91 bits per heavy atom. The van der Waals surface area contributed by atoms with Crippen molar-refractivity contribution in [3.05, 3.63) is 0 Å². The van der Waals surface area contributed by atoms with Gasteiger partial charge in [0.2, 0.25) is 0 Å². The highest BCUT2D eigenvalue weighted by Crippen LogP contribution is 2.18. The molecule has 1 atom stereocenters. The lowest BCUT2D eigenvalue weighted by atomic mass is 10.1. The Bertz CT molecular complexity index is 106. The first kappa shape index (κ1) is 9.40. The van der Waals surface area contributed by atoms with Crippen molar-refractivity contribution in [2.24, 2.45) is 0 Å². The minimum absolute atomic E-state index is 0.836. The molecule has 1 heterocycles. The lowest BCUT2D eigenvalue weighted by Gasteiger charge is -2.32. The number of likely N-dealkylation sites (tertiary alicyclic amines) is 1. The topological polar surface area (TPSA) is 3.24 Å². The Labute approximate surface area is 74.5 Å². The molecule has 0 amide bonds. The van der Waals surface area contributed by atoms with Gasteiger partial charge in [-0.05, 0) is 32.1 Å². The second kappa shape index (κ2) is 5.04. The number of piperidine rings is 1. The van der Waals surface area contributed by atoms with Crippen LogP contribution in [0.1, 0.15) is 33.1 Å². The van der Waals surface area contributed by atoms with Crippen LogP contribution in [0.2, 0.25) is 0 Å². The fourth-order valence-corrected chi connectivity index (χ4v) is 2.36. The molecule has 1 nitrogen and oxygen atoms in total. The van der Waals surface area contributed by atoms with Crippen molar-refractivity contribution >= 4 is 11.8 Å². The first-order valence-electron chi connectivity index (χ1n) is 4.66. The van der Waals surface area contributed by atoms with Crippen LogP contribution in [0, 0.1) is 0 Å². The van der Waals surface area contributed by atoms with Crippen molar-refractivity contribution in [1.29, 1.82) is 0 Å². The number of rotatable bonds is 3. The van der Waals surface area contributed by atoms with Gasteiger partial charge in [-0.25, -0.2) is 0 Å². The van der Waals surface area contributed by atoms with Crippen molar-refractivity contribution in [2.45, 2.75) is 39.2 Å². The Morgan fingerprint density at radius 2 is 2.27 bits per heavy atom. The van der Waals surface area contributed by atoms with E-state index in [1.54, 1.807) is 0 Å². The Morgan fingerprint density at radius 1 is 1.45 bits per heavy atom. The summed E-state index contributed by atoms with van der Waals surface area (Å²) in [5, 5.41) is 0. The largest absolute Gasteiger partial charge is 0.291 e. The number of hydrogen-bond donors (Lipinski definition) is 0. The maximum atomic E-state index is 2.61. The van der Waals surface area contributed by atoms with Crippen LogP contribution in [0.3, 0.4) is 0 Å². The Balaban J connectivity index is 2.18. The van der Waals surface area contributed by atoms with E-state index in [1.165, 1.54) is 37.4 Å². The van der Waals surface area contributed by atoms with E-state index in [9.17, 15) is 0 Å². The molecule has 0 radical (unpaired) electrons. The van der Waals surface area contributed by atoms with E-state index in [0.717, 1.165) is 6.04 Å². The number of thioether (sulfide) groups is 1. The Kier molecular flexibility index (Phi) is 4.31. The fourth-order valence-electron chi connectivity index (χ4n) is 1.56. The monoisotopic (exact) mass is 173 g/mol. The van der Waals surface area contributed by atoms with Crippen molar-refractivity contribution in [3.63, 3.8) is 0 Å². The highest BCUT2D eigenvalue weighted by atomic mass is 32.2. The molecule has 11 heavy (non-hydrogen) atoms. The molecule has 66 valence electrons. The van der Waals surface area contributed by atoms with Crippen LogP contribution < -0.4 is 0 Å². The summed E-state index contributed by atoms with van der Waals surface area (Å²) in [5.74, 6) is 2.50. The molecule has 1 aliphatic heterocycles. The molecule has 1 rings (SSSR count). The quantitative estimate of drug-likeness (QED) is 0.645. The predicted octanol–water partition coefficient (Wildman–Crippen LogP) is 2.57. The smallest absolute Gasteiger partial charge is 0.0446 e. The van der Waals surface area contributed by atoms with Crippen LogP contribution in [0.25, 0.3) is 0 Å². The third kappa shape index (κ3) is 3.04. The molecule has 0 bridgehead atoms. The summed E-state index contributed by atoms with van der Waals surface area (Å²) in [4.78, 5) is 2.61. The molecule has 1 fully saturated rings. The van der Waals surface area contributed by atoms with Gasteiger partial charge in [-0.3, -0.25) is 4.90 Å². The standard InChI is InChI=1S/C9H19NS/c1-3-11-8-10-7-5-4-6-9(10)2/h9H,3-8H2,1-2H3. The molecular weight excluding hydrogens is 154 g/mol. The summed E-state index contributed by atoms with van der Waals surface area (Å²) in [6.07, 6.45) is 4.26. The van der Waals surface area contributed by atoms with Gasteiger partial charge in [0.15, 0.2) is 0 Å². The normalized spacial score (nSPS) is 27.3. The third-order valence-electron chi connectivity index (χ3n) is 2.40. The van der Waals surface area contributed by atoms with E-state index >= 15 is 0 Å². The molecule has 0 saturated carbocycles. The Hall–Kier alpha value is 0.310. The van der Waals surface area contributed by atoms with Gasteiger partial charge in [0.1, 0.15) is 0 Å². The molecular formula is C9H19NS. The zero-order valence-corrected chi connectivity index (χ0v) is 8.49. The SMILES string of the molecule is CCSCN1CCCCC1C. The van der Waals surface area contributed by atoms with Gasteiger partial charge < -0.3 is 0 Å². The van der Waals surface area contributed by atoms with Gasteiger partial charge in [0, 0.05) is 11.9 Å². The summed E-state index contributed by atoms with van der Waals surface area (Å²) in [6.45, 7) is 5.92. The van der Waals surface area contributed by atoms with Gasteiger partial charge in [0.05, 0.1) is 0 Å². The van der Waals surface area contributed by atoms with Crippen LogP contribution in [0.4, 0.5) is 0 Å². The lowest BCUT2D eigenvalue weighted by Crippen LogP contribution is -2.37. The van der Waals surface area contributed by atoms with E-state index in [4.69, 9.17) is 0 Å². The molecule has 2 heteroatoms. The first-order chi connectivity index (χ1) is 5.34. The zero-order chi connectivity index (χ0) is 8.10. The molecule has 1 saturated heterocycles. The van der Waals surface area contributed by atoms with Crippen molar-refractivity contribution in [3.8, 4) is 0 Å². The summed E-state index contributed by atoms with van der Waals surface area (Å²) in [5.41, 5.74) is 0. The zero-order valence-electron chi connectivity index (χ0n) is 7.68. The van der Waals surface area contributed by atoms with E-state index in [2.05, 4.69) is 18.7 Å². The second-order valence-corrected chi connectivity index (χ2v) is 4.52. The van der Waals surface area contributed by atoms with Crippen LogP contribution in [0.5, 0.6) is 0 Å². The lowest BCUT2D eigenvalue weighted by molar-refractivity contribution is 0.191. The average Bonchev–Trinajstić information content (AvgIpc) is 2.03. The third-order valence-corrected chi connectivity index (χ3v) is 3.32. The first-order valence-corrected chi connectivity index (χ1v) is 5.82. The van der Waals surface area contributed by atoms with Crippen LogP contribution in [-0.4, -0.2) is 29.1 Å². The molecule has 1 unspecified atom stereocenters. The summed E-state index contributed by atoms with van der Waals surface area (Å²) in [6, 6.07) is 0.836. The van der Waals surface area contributed by atoms with Crippen molar-refractivity contribution in [1.82, 2.24) is 4.90 Å². The summed E-state index contributed by atoms with van der Waals surface area (Å²) in [7, 11) is 0. The van der Waals surface area contributed by atoms with Crippen molar-refractivity contribution in [2.75, 3.05) is 18.2 Å². The van der Waals surface area contributed by atoms with Gasteiger partial charge in [-0.1, -0.05) is 13.3 Å². The molecule has 0 aromatic carbocycles.